The molecule has 1 N–H and O–H groups in total. The van der Waals surface area contributed by atoms with Crippen molar-refractivity contribution < 1.29 is 0 Å². The van der Waals surface area contributed by atoms with E-state index in [-0.39, 0.29) is 0 Å². The molecule has 0 saturated carbocycles. The van der Waals surface area contributed by atoms with Crippen LogP contribution in [-0.2, 0) is 0 Å². The fraction of sp³-hybridized carbons (Fsp3) is 0.118. The topological polar surface area (TPSA) is 49.2 Å². The van der Waals surface area contributed by atoms with Crippen molar-refractivity contribution in [2.24, 2.45) is 0 Å². The second kappa shape index (κ2) is 5.17. The van der Waals surface area contributed by atoms with E-state index < -0.39 is 0 Å². The second-order valence-corrected chi connectivity index (χ2v) is 5.97. The van der Waals surface area contributed by atoms with Gasteiger partial charge in [-0.25, -0.2) is 4.98 Å². The van der Waals surface area contributed by atoms with Crippen LogP contribution in [-0.4, -0.2) is 33.7 Å². The Balaban J connectivity index is 1.93. The van der Waals surface area contributed by atoms with Gasteiger partial charge < -0.3 is 9.88 Å². The summed E-state index contributed by atoms with van der Waals surface area (Å²) < 4.78 is 2.23. The van der Waals surface area contributed by atoms with Gasteiger partial charge in [-0.2, -0.15) is 4.52 Å². The molecule has 0 bridgehead atoms. The average Bonchev–Trinajstić information content (AvgIpc) is 3.01. The van der Waals surface area contributed by atoms with E-state index in [0.717, 1.165) is 27.8 Å². The van der Waals surface area contributed by atoms with Crippen molar-refractivity contribution in [1.82, 2.24) is 19.6 Å². The lowest BCUT2D eigenvalue weighted by Gasteiger charge is -2.11. The number of anilines is 1. The third kappa shape index (κ3) is 2.27. The molecule has 0 atom stereocenters. The lowest BCUT2D eigenvalue weighted by molar-refractivity contribution is 0.918. The molecule has 5 nitrogen and oxygen atoms in total. The summed E-state index contributed by atoms with van der Waals surface area (Å²) in [6.45, 7) is 0. The summed E-state index contributed by atoms with van der Waals surface area (Å²) in [5.41, 5.74) is 3.85. The summed E-state index contributed by atoms with van der Waals surface area (Å²) in [6.07, 6.45) is 0. The lowest BCUT2D eigenvalue weighted by Crippen LogP contribution is -2.07. The lowest BCUT2D eigenvalue weighted by atomic mass is 10.2. The van der Waals surface area contributed by atoms with Crippen LogP contribution >= 0.6 is 12.2 Å². The van der Waals surface area contributed by atoms with E-state index in [1.54, 1.807) is 4.52 Å². The summed E-state index contributed by atoms with van der Waals surface area (Å²) in [4.78, 5) is 9.95. The highest BCUT2D eigenvalue weighted by Crippen LogP contribution is 2.23. The van der Waals surface area contributed by atoms with Crippen molar-refractivity contribution in [2.45, 2.75) is 0 Å². The van der Waals surface area contributed by atoms with Crippen LogP contribution in [0.15, 0.2) is 48.5 Å². The SMILES string of the molecule is CN(C)c1ccc(-c2nc3c4ccccc4[nH]c(=S)n3n2)cc1. The standard InChI is InChI=1S/C17H15N5S/c1-21(2)12-9-7-11(8-10-12)15-19-16-13-5-3-4-6-14(13)18-17(23)22(16)20-15/h3-10H,1-2H3,(H,18,23). The predicted octanol–water partition coefficient (Wildman–Crippen LogP) is 3.67. The van der Waals surface area contributed by atoms with Crippen LogP contribution in [0.5, 0.6) is 0 Å². The molecule has 0 radical (unpaired) electrons. The summed E-state index contributed by atoms with van der Waals surface area (Å²) in [7, 11) is 4.03. The molecular weight excluding hydrogens is 306 g/mol. The molecule has 0 amide bonds. The molecule has 2 heterocycles. The van der Waals surface area contributed by atoms with Crippen molar-refractivity contribution >= 4 is 34.5 Å². The highest BCUT2D eigenvalue weighted by atomic mass is 32.1. The number of nitrogens with one attached hydrogen (secondary N) is 1. The van der Waals surface area contributed by atoms with Gasteiger partial charge in [0.2, 0.25) is 4.77 Å². The smallest absolute Gasteiger partial charge is 0.200 e. The minimum atomic E-state index is 0.544. The molecule has 2 aromatic heterocycles. The summed E-state index contributed by atoms with van der Waals surface area (Å²) in [5, 5.41) is 5.57. The maximum atomic E-state index is 5.40. The Morgan fingerprint density at radius 3 is 2.52 bits per heavy atom. The molecular formula is C17H15N5S. The van der Waals surface area contributed by atoms with Gasteiger partial charge in [0.15, 0.2) is 11.5 Å². The molecule has 0 aliphatic carbocycles. The average molecular weight is 321 g/mol. The van der Waals surface area contributed by atoms with Crippen molar-refractivity contribution in [3.63, 3.8) is 0 Å². The molecule has 0 spiro atoms. The van der Waals surface area contributed by atoms with Gasteiger partial charge in [0.1, 0.15) is 0 Å². The van der Waals surface area contributed by atoms with E-state index >= 15 is 0 Å². The maximum Gasteiger partial charge on any atom is 0.200 e. The van der Waals surface area contributed by atoms with E-state index in [4.69, 9.17) is 17.2 Å². The number of aromatic nitrogens is 4. The molecule has 114 valence electrons. The van der Waals surface area contributed by atoms with Gasteiger partial charge in [0.25, 0.3) is 0 Å². The quantitative estimate of drug-likeness (QED) is 0.572. The number of H-pyrrole nitrogens is 1. The van der Waals surface area contributed by atoms with Gasteiger partial charge in [0, 0.05) is 30.7 Å². The summed E-state index contributed by atoms with van der Waals surface area (Å²) in [6, 6.07) is 16.1. The molecule has 6 heteroatoms. The first-order valence-electron chi connectivity index (χ1n) is 7.29. The summed E-state index contributed by atoms with van der Waals surface area (Å²) >= 11 is 5.40. The minimum Gasteiger partial charge on any atom is -0.378 e. The predicted molar refractivity (Wildman–Crippen MR) is 95.4 cm³/mol. The van der Waals surface area contributed by atoms with Crippen molar-refractivity contribution in [3.8, 4) is 11.4 Å². The molecule has 4 aromatic rings. The highest BCUT2D eigenvalue weighted by Gasteiger charge is 2.11. The van der Waals surface area contributed by atoms with Crippen LogP contribution in [0.1, 0.15) is 0 Å². The zero-order valence-corrected chi connectivity index (χ0v) is 13.6. The number of nitrogens with zero attached hydrogens (tertiary/aromatic N) is 4. The van der Waals surface area contributed by atoms with Crippen molar-refractivity contribution in [2.75, 3.05) is 19.0 Å². The Morgan fingerprint density at radius 1 is 1.04 bits per heavy atom. The molecule has 23 heavy (non-hydrogen) atoms. The number of para-hydroxylation sites is 1. The van der Waals surface area contributed by atoms with E-state index in [1.807, 2.05) is 50.5 Å². The van der Waals surface area contributed by atoms with Crippen LogP contribution in [0.2, 0.25) is 0 Å². The van der Waals surface area contributed by atoms with Crippen LogP contribution in [0.25, 0.3) is 27.9 Å². The maximum absolute atomic E-state index is 5.40. The van der Waals surface area contributed by atoms with Crippen LogP contribution in [0.4, 0.5) is 5.69 Å². The number of benzene rings is 2. The zero-order chi connectivity index (χ0) is 16.0. The van der Waals surface area contributed by atoms with E-state index in [2.05, 4.69) is 27.1 Å². The minimum absolute atomic E-state index is 0.544. The van der Waals surface area contributed by atoms with Gasteiger partial charge in [0.05, 0.1) is 5.52 Å². The Bertz CT molecular complexity index is 1060. The van der Waals surface area contributed by atoms with E-state index in [1.165, 1.54) is 0 Å². The Labute approximate surface area is 138 Å². The first-order valence-corrected chi connectivity index (χ1v) is 7.70. The van der Waals surface area contributed by atoms with Crippen LogP contribution in [0, 0.1) is 4.77 Å². The third-order valence-electron chi connectivity index (χ3n) is 3.85. The molecule has 0 fully saturated rings. The fourth-order valence-electron chi connectivity index (χ4n) is 2.61. The fourth-order valence-corrected chi connectivity index (χ4v) is 2.85. The second-order valence-electron chi connectivity index (χ2n) is 5.59. The Morgan fingerprint density at radius 2 is 1.78 bits per heavy atom. The molecule has 2 aromatic carbocycles. The first-order chi connectivity index (χ1) is 11.1. The van der Waals surface area contributed by atoms with Gasteiger partial charge in [-0.1, -0.05) is 12.1 Å². The van der Waals surface area contributed by atoms with E-state index in [9.17, 15) is 0 Å². The normalized spacial score (nSPS) is 11.2. The molecule has 0 aliphatic rings. The number of fused-ring (bicyclic) bond motifs is 3. The van der Waals surface area contributed by atoms with Gasteiger partial charge >= 0.3 is 0 Å². The van der Waals surface area contributed by atoms with Gasteiger partial charge in [-0.05, 0) is 48.6 Å². The van der Waals surface area contributed by atoms with Crippen LogP contribution in [0.3, 0.4) is 0 Å². The zero-order valence-electron chi connectivity index (χ0n) is 12.8. The molecule has 0 unspecified atom stereocenters. The monoisotopic (exact) mass is 321 g/mol. The number of rotatable bonds is 2. The van der Waals surface area contributed by atoms with Crippen molar-refractivity contribution in [3.05, 3.63) is 53.3 Å². The molecule has 4 rings (SSSR count). The molecule has 0 aliphatic heterocycles. The highest BCUT2D eigenvalue weighted by molar-refractivity contribution is 7.71. The number of hydrogen-bond donors (Lipinski definition) is 1. The van der Waals surface area contributed by atoms with Gasteiger partial charge in [-0.15, -0.1) is 5.10 Å². The largest absolute Gasteiger partial charge is 0.378 e. The van der Waals surface area contributed by atoms with Crippen molar-refractivity contribution in [1.29, 1.82) is 0 Å². The number of aromatic amines is 1. The van der Waals surface area contributed by atoms with Gasteiger partial charge in [-0.3, -0.25) is 0 Å². The van der Waals surface area contributed by atoms with E-state index in [0.29, 0.717) is 10.6 Å². The van der Waals surface area contributed by atoms with Crippen LogP contribution < -0.4 is 4.90 Å². The Kier molecular flexibility index (Phi) is 3.12. The number of hydrogen-bond acceptors (Lipinski definition) is 4. The molecule has 0 saturated heterocycles. The summed E-state index contributed by atoms with van der Waals surface area (Å²) in [5.74, 6) is 0.672. The first kappa shape index (κ1) is 13.9. The third-order valence-corrected chi connectivity index (χ3v) is 4.13. The Hall–Kier alpha value is -2.73.